The molecule has 2 heterocycles. The van der Waals surface area contributed by atoms with Gasteiger partial charge in [0.05, 0.1) is 11.6 Å². The third-order valence-corrected chi connectivity index (χ3v) is 7.13. The SMILES string of the molecule is CC(NC(=O)C1(N2CCC(Oc3cccc(Cl)c3)CC2)CCOCC1)c1ccc(C(=O)O)cc1. The normalized spacial score (nSPS) is 19.8. The van der Waals surface area contributed by atoms with Crippen LogP contribution in [0.3, 0.4) is 0 Å². The summed E-state index contributed by atoms with van der Waals surface area (Å²) in [4.78, 5) is 27.1. The van der Waals surface area contributed by atoms with Crippen molar-refractivity contribution in [3.8, 4) is 5.75 Å². The molecule has 0 spiro atoms. The van der Waals surface area contributed by atoms with Gasteiger partial charge in [-0.3, -0.25) is 9.69 Å². The second-order valence-corrected chi connectivity index (χ2v) is 9.46. The first-order valence-electron chi connectivity index (χ1n) is 11.8. The molecule has 1 atom stereocenters. The molecule has 2 aliphatic heterocycles. The van der Waals surface area contributed by atoms with Gasteiger partial charge in [0.2, 0.25) is 5.91 Å². The second-order valence-electron chi connectivity index (χ2n) is 9.03. The van der Waals surface area contributed by atoms with Crippen LogP contribution in [0.5, 0.6) is 5.75 Å². The number of ether oxygens (including phenoxy) is 2. The van der Waals surface area contributed by atoms with E-state index >= 15 is 0 Å². The Hall–Kier alpha value is -2.61. The van der Waals surface area contributed by atoms with Gasteiger partial charge in [0.1, 0.15) is 17.4 Å². The van der Waals surface area contributed by atoms with E-state index in [0.717, 1.165) is 37.2 Å². The molecule has 0 aliphatic carbocycles. The van der Waals surface area contributed by atoms with Crippen LogP contribution >= 0.6 is 11.6 Å². The standard InChI is InChI=1S/C26H31ClN2O5/c1-18(19-5-7-20(8-6-19)24(30)31)28-25(32)26(11-15-33-16-12-26)29-13-9-22(10-14-29)34-23-4-2-3-21(27)17-23/h2-8,17-18,22H,9-16H2,1H3,(H,28,32)(H,30,31). The molecule has 0 bridgehead atoms. The number of likely N-dealkylation sites (tertiary alicyclic amines) is 1. The average molecular weight is 487 g/mol. The minimum atomic E-state index is -0.966. The van der Waals surface area contributed by atoms with Crippen LogP contribution in [0.2, 0.25) is 5.02 Å². The Morgan fingerprint density at radius 3 is 2.44 bits per heavy atom. The van der Waals surface area contributed by atoms with Gasteiger partial charge in [-0.25, -0.2) is 4.79 Å². The molecule has 1 unspecified atom stereocenters. The highest BCUT2D eigenvalue weighted by Gasteiger charge is 2.46. The molecule has 4 rings (SSSR count). The fourth-order valence-corrected chi connectivity index (χ4v) is 5.04. The van der Waals surface area contributed by atoms with Gasteiger partial charge in [-0.1, -0.05) is 29.8 Å². The molecule has 1 amide bonds. The van der Waals surface area contributed by atoms with Crippen molar-refractivity contribution in [3.63, 3.8) is 0 Å². The molecule has 2 aliphatic rings. The van der Waals surface area contributed by atoms with Crippen LogP contribution < -0.4 is 10.1 Å². The van der Waals surface area contributed by atoms with E-state index in [1.54, 1.807) is 24.3 Å². The lowest BCUT2D eigenvalue weighted by molar-refractivity contribution is -0.143. The number of carboxylic acid groups (broad SMARTS) is 1. The monoisotopic (exact) mass is 486 g/mol. The zero-order chi connectivity index (χ0) is 24.1. The third kappa shape index (κ3) is 5.54. The molecule has 8 heteroatoms. The number of halogens is 1. The zero-order valence-electron chi connectivity index (χ0n) is 19.3. The summed E-state index contributed by atoms with van der Waals surface area (Å²) in [5, 5.41) is 13.0. The van der Waals surface area contributed by atoms with Gasteiger partial charge in [0.25, 0.3) is 0 Å². The van der Waals surface area contributed by atoms with Crippen LogP contribution in [0, 0.1) is 0 Å². The minimum Gasteiger partial charge on any atom is -0.490 e. The second kappa shape index (κ2) is 10.8. The smallest absolute Gasteiger partial charge is 0.335 e. The number of nitrogens with one attached hydrogen (secondary N) is 1. The van der Waals surface area contributed by atoms with Crippen LogP contribution in [0.4, 0.5) is 0 Å². The van der Waals surface area contributed by atoms with Gasteiger partial charge in [0.15, 0.2) is 0 Å². The number of piperidine rings is 1. The molecule has 2 saturated heterocycles. The summed E-state index contributed by atoms with van der Waals surface area (Å²) in [5.74, 6) is -0.195. The minimum absolute atomic E-state index is 0.000166. The first kappa shape index (κ1) is 24.5. The largest absolute Gasteiger partial charge is 0.490 e. The number of aromatic carboxylic acids is 1. The first-order valence-corrected chi connectivity index (χ1v) is 12.1. The van der Waals surface area contributed by atoms with Crippen molar-refractivity contribution in [3.05, 3.63) is 64.7 Å². The summed E-state index contributed by atoms with van der Waals surface area (Å²) in [6.07, 6.45) is 3.02. The summed E-state index contributed by atoms with van der Waals surface area (Å²) in [6, 6.07) is 13.8. The summed E-state index contributed by atoms with van der Waals surface area (Å²) < 4.78 is 11.7. The molecule has 0 radical (unpaired) electrons. The van der Waals surface area contributed by atoms with Gasteiger partial charge in [-0.15, -0.1) is 0 Å². The number of carbonyl (C=O) groups is 2. The van der Waals surface area contributed by atoms with Gasteiger partial charge in [-0.2, -0.15) is 0 Å². The lowest BCUT2D eigenvalue weighted by Crippen LogP contribution is -2.63. The highest BCUT2D eigenvalue weighted by atomic mass is 35.5. The van der Waals surface area contributed by atoms with Crippen molar-refractivity contribution < 1.29 is 24.2 Å². The molecule has 2 aromatic carbocycles. The Morgan fingerprint density at radius 2 is 1.82 bits per heavy atom. The zero-order valence-corrected chi connectivity index (χ0v) is 20.1. The number of nitrogens with zero attached hydrogens (tertiary/aromatic N) is 1. The molecule has 0 aromatic heterocycles. The number of hydrogen-bond acceptors (Lipinski definition) is 5. The molecular formula is C26H31ClN2O5. The lowest BCUT2D eigenvalue weighted by atomic mass is 9.84. The van der Waals surface area contributed by atoms with E-state index in [1.807, 2.05) is 31.2 Å². The Morgan fingerprint density at radius 1 is 1.15 bits per heavy atom. The number of benzene rings is 2. The van der Waals surface area contributed by atoms with E-state index in [2.05, 4.69) is 10.2 Å². The highest BCUT2D eigenvalue weighted by Crippen LogP contribution is 2.33. The molecular weight excluding hydrogens is 456 g/mol. The van der Waals surface area contributed by atoms with E-state index in [1.165, 1.54) is 0 Å². The van der Waals surface area contributed by atoms with Crippen LogP contribution in [0.25, 0.3) is 0 Å². The number of amides is 1. The van der Waals surface area contributed by atoms with Crippen molar-refractivity contribution in [2.75, 3.05) is 26.3 Å². The van der Waals surface area contributed by atoms with E-state index in [4.69, 9.17) is 26.2 Å². The molecule has 2 aromatic rings. The Labute approximate surface area is 205 Å². The van der Waals surface area contributed by atoms with Crippen molar-refractivity contribution in [2.45, 2.75) is 50.3 Å². The molecule has 2 N–H and O–H groups in total. The van der Waals surface area contributed by atoms with Crippen LogP contribution in [0.1, 0.15) is 54.6 Å². The fraction of sp³-hybridized carbons (Fsp3) is 0.462. The van der Waals surface area contributed by atoms with Crippen LogP contribution in [-0.2, 0) is 9.53 Å². The van der Waals surface area contributed by atoms with Crippen molar-refractivity contribution in [2.24, 2.45) is 0 Å². The summed E-state index contributed by atoms with van der Waals surface area (Å²) in [7, 11) is 0. The van der Waals surface area contributed by atoms with Gasteiger partial charge >= 0.3 is 5.97 Å². The maximum Gasteiger partial charge on any atom is 0.335 e. The summed E-state index contributed by atoms with van der Waals surface area (Å²) in [5.41, 5.74) is 0.481. The predicted molar refractivity (Wildman–Crippen MR) is 129 cm³/mol. The lowest BCUT2D eigenvalue weighted by Gasteiger charge is -2.47. The average Bonchev–Trinajstić information content (AvgIpc) is 2.85. The van der Waals surface area contributed by atoms with Crippen LogP contribution in [0.15, 0.2) is 48.5 Å². The highest BCUT2D eigenvalue weighted by molar-refractivity contribution is 6.30. The topological polar surface area (TPSA) is 88.1 Å². The Bertz CT molecular complexity index is 999. The van der Waals surface area contributed by atoms with Crippen molar-refractivity contribution in [1.29, 1.82) is 0 Å². The van der Waals surface area contributed by atoms with Crippen molar-refractivity contribution >= 4 is 23.5 Å². The van der Waals surface area contributed by atoms with Crippen molar-refractivity contribution in [1.82, 2.24) is 10.2 Å². The Balaban J connectivity index is 1.41. The number of hydrogen-bond donors (Lipinski definition) is 2. The van der Waals surface area contributed by atoms with E-state index in [9.17, 15) is 9.59 Å². The predicted octanol–water partition coefficient (Wildman–Crippen LogP) is 4.31. The fourth-order valence-electron chi connectivity index (χ4n) is 4.86. The van der Waals surface area contributed by atoms with Gasteiger partial charge in [-0.05, 0) is 68.5 Å². The molecule has 2 fully saturated rings. The number of carbonyl (C=O) groups excluding carboxylic acids is 1. The van der Waals surface area contributed by atoms with Crippen LogP contribution in [-0.4, -0.2) is 59.8 Å². The van der Waals surface area contributed by atoms with E-state index in [0.29, 0.717) is 31.1 Å². The van der Waals surface area contributed by atoms with E-state index in [-0.39, 0.29) is 23.6 Å². The molecule has 182 valence electrons. The first-order chi connectivity index (χ1) is 16.4. The summed E-state index contributed by atoms with van der Waals surface area (Å²) >= 11 is 6.08. The van der Waals surface area contributed by atoms with Gasteiger partial charge in [0, 0.05) is 31.3 Å². The van der Waals surface area contributed by atoms with E-state index < -0.39 is 11.5 Å². The Kier molecular flexibility index (Phi) is 7.76. The number of carboxylic acids is 1. The third-order valence-electron chi connectivity index (χ3n) is 6.89. The quantitative estimate of drug-likeness (QED) is 0.606. The number of rotatable bonds is 7. The van der Waals surface area contributed by atoms with Gasteiger partial charge < -0.3 is 19.9 Å². The maximum absolute atomic E-state index is 13.6. The molecule has 34 heavy (non-hydrogen) atoms. The molecule has 0 saturated carbocycles. The maximum atomic E-state index is 13.6. The summed E-state index contributed by atoms with van der Waals surface area (Å²) in [6.45, 7) is 4.55. The molecule has 7 nitrogen and oxygen atoms in total.